The molecule has 0 aromatic rings. The third-order valence-corrected chi connectivity index (χ3v) is 3.26. The van der Waals surface area contributed by atoms with E-state index in [4.69, 9.17) is 5.11 Å². The van der Waals surface area contributed by atoms with Crippen molar-refractivity contribution in [3.63, 3.8) is 0 Å². The molecule has 1 aliphatic carbocycles. The van der Waals surface area contributed by atoms with Crippen molar-refractivity contribution in [3.8, 4) is 0 Å². The van der Waals surface area contributed by atoms with E-state index in [-0.39, 0.29) is 24.5 Å². The largest absolute Gasteiger partial charge is 0.394 e. The Hall–Kier alpha value is -0.570. The fourth-order valence-corrected chi connectivity index (χ4v) is 2.12. The zero-order chi connectivity index (χ0) is 10.6. The topological polar surface area (TPSA) is 49.3 Å². The van der Waals surface area contributed by atoms with Gasteiger partial charge in [0, 0.05) is 5.92 Å². The predicted octanol–water partition coefficient (Wildman–Crippen LogP) is 1.31. The molecule has 14 heavy (non-hydrogen) atoms. The highest BCUT2D eigenvalue weighted by Crippen LogP contribution is 2.31. The molecule has 3 atom stereocenters. The molecule has 1 fully saturated rings. The number of hydrogen-bond acceptors (Lipinski definition) is 2. The zero-order valence-corrected chi connectivity index (χ0v) is 9.12. The molecule has 0 spiro atoms. The first-order chi connectivity index (χ1) is 6.69. The summed E-state index contributed by atoms with van der Waals surface area (Å²) in [6, 6.07) is -0.0599. The van der Waals surface area contributed by atoms with E-state index in [1.165, 1.54) is 0 Å². The highest BCUT2D eigenvalue weighted by molar-refractivity contribution is 5.79. The number of aliphatic hydroxyl groups is 1. The lowest BCUT2D eigenvalue weighted by molar-refractivity contribution is -0.126. The van der Waals surface area contributed by atoms with Gasteiger partial charge in [0.15, 0.2) is 0 Å². The van der Waals surface area contributed by atoms with Crippen LogP contribution in [0.2, 0.25) is 0 Å². The summed E-state index contributed by atoms with van der Waals surface area (Å²) in [5.41, 5.74) is 0. The van der Waals surface area contributed by atoms with Crippen LogP contribution >= 0.6 is 0 Å². The van der Waals surface area contributed by atoms with Crippen LogP contribution in [0.15, 0.2) is 0 Å². The van der Waals surface area contributed by atoms with Crippen molar-refractivity contribution in [2.24, 2.45) is 11.8 Å². The molecule has 3 heteroatoms. The maximum atomic E-state index is 11.8. The number of carbonyl (C=O) groups is 1. The SMILES string of the molecule is CCC(CO)NC(=O)C1CCCC1C. The first-order valence-electron chi connectivity index (χ1n) is 5.60. The summed E-state index contributed by atoms with van der Waals surface area (Å²) in [6.07, 6.45) is 4.13. The summed E-state index contributed by atoms with van der Waals surface area (Å²) in [6.45, 7) is 4.15. The molecule has 1 aliphatic rings. The van der Waals surface area contributed by atoms with Crippen molar-refractivity contribution in [2.75, 3.05) is 6.61 Å². The van der Waals surface area contributed by atoms with Crippen molar-refractivity contribution < 1.29 is 9.90 Å². The van der Waals surface area contributed by atoms with Crippen LogP contribution in [0.1, 0.15) is 39.5 Å². The summed E-state index contributed by atoms with van der Waals surface area (Å²) < 4.78 is 0. The van der Waals surface area contributed by atoms with E-state index in [2.05, 4.69) is 12.2 Å². The van der Waals surface area contributed by atoms with Crippen LogP contribution in [0.5, 0.6) is 0 Å². The molecule has 2 N–H and O–H groups in total. The van der Waals surface area contributed by atoms with Gasteiger partial charge >= 0.3 is 0 Å². The molecule has 3 nitrogen and oxygen atoms in total. The molecule has 1 saturated carbocycles. The Morgan fingerprint density at radius 2 is 2.29 bits per heavy atom. The van der Waals surface area contributed by atoms with Crippen molar-refractivity contribution in [3.05, 3.63) is 0 Å². The summed E-state index contributed by atoms with van der Waals surface area (Å²) in [7, 11) is 0. The molecule has 0 radical (unpaired) electrons. The van der Waals surface area contributed by atoms with Gasteiger partial charge in [0.1, 0.15) is 0 Å². The normalized spacial score (nSPS) is 28.8. The maximum absolute atomic E-state index is 11.8. The van der Waals surface area contributed by atoms with Crippen LogP contribution in [-0.4, -0.2) is 23.7 Å². The van der Waals surface area contributed by atoms with Gasteiger partial charge in [-0.3, -0.25) is 4.79 Å². The van der Waals surface area contributed by atoms with E-state index in [0.717, 1.165) is 25.7 Å². The number of carbonyl (C=O) groups excluding carboxylic acids is 1. The first kappa shape index (κ1) is 11.5. The molecule has 3 unspecified atom stereocenters. The van der Waals surface area contributed by atoms with Crippen LogP contribution in [0.3, 0.4) is 0 Å². The molecule has 82 valence electrons. The molecular formula is C11H21NO2. The molecule has 0 aliphatic heterocycles. The number of aliphatic hydroxyl groups excluding tert-OH is 1. The van der Waals surface area contributed by atoms with E-state index in [0.29, 0.717) is 5.92 Å². The minimum absolute atomic E-state index is 0.0450. The second-order valence-electron chi connectivity index (χ2n) is 4.31. The Bertz CT molecular complexity index is 190. The van der Waals surface area contributed by atoms with Crippen molar-refractivity contribution in [1.29, 1.82) is 0 Å². The van der Waals surface area contributed by atoms with Crippen LogP contribution in [0, 0.1) is 11.8 Å². The second-order valence-corrected chi connectivity index (χ2v) is 4.31. The molecule has 0 saturated heterocycles. The monoisotopic (exact) mass is 199 g/mol. The molecule has 1 amide bonds. The number of rotatable bonds is 4. The minimum atomic E-state index is -0.0599. The highest BCUT2D eigenvalue weighted by Gasteiger charge is 2.30. The third-order valence-electron chi connectivity index (χ3n) is 3.26. The lowest BCUT2D eigenvalue weighted by Crippen LogP contribution is -2.41. The minimum Gasteiger partial charge on any atom is -0.394 e. The van der Waals surface area contributed by atoms with Crippen LogP contribution in [0.4, 0.5) is 0 Å². The molecule has 0 heterocycles. The van der Waals surface area contributed by atoms with Gasteiger partial charge < -0.3 is 10.4 Å². The molecule has 0 aromatic heterocycles. The maximum Gasteiger partial charge on any atom is 0.223 e. The van der Waals surface area contributed by atoms with Crippen molar-refractivity contribution in [2.45, 2.75) is 45.6 Å². The number of hydrogen-bond donors (Lipinski definition) is 2. The zero-order valence-electron chi connectivity index (χ0n) is 9.12. The summed E-state index contributed by atoms with van der Waals surface area (Å²) >= 11 is 0. The Balaban J connectivity index is 2.40. The van der Waals surface area contributed by atoms with Gasteiger partial charge in [-0.05, 0) is 25.2 Å². The summed E-state index contributed by atoms with van der Waals surface area (Å²) in [5.74, 6) is 0.817. The lowest BCUT2D eigenvalue weighted by Gasteiger charge is -2.19. The average molecular weight is 199 g/mol. The Morgan fingerprint density at radius 1 is 1.57 bits per heavy atom. The summed E-state index contributed by atoms with van der Waals surface area (Å²) in [5, 5.41) is 11.9. The van der Waals surface area contributed by atoms with E-state index in [9.17, 15) is 4.79 Å². The fourth-order valence-electron chi connectivity index (χ4n) is 2.12. The van der Waals surface area contributed by atoms with Crippen molar-refractivity contribution >= 4 is 5.91 Å². The van der Waals surface area contributed by atoms with E-state index >= 15 is 0 Å². The van der Waals surface area contributed by atoms with Gasteiger partial charge in [0.25, 0.3) is 0 Å². The predicted molar refractivity (Wildman–Crippen MR) is 55.8 cm³/mol. The van der Waals surface area contributed by atoms with Crippen LogP contribution < -0.4 is 5.32 Å². The first-order valence-corrected chi connectivity index (χ1v) is 5.60. The van der Waals surface area contributed by atoms with E-state index < -0.39 is 0 Å². The van der Waals surface area contributed by atoms with Gasteiger partial charge in [-0.1, -0.05) is 20.3 Å². The van der Waals surface area contributed by atoms with Gasteiger partial charge in [-0.25, -0.2) is 0 Å². The average Bonchev–Trinajstić information content (AvgIpc) is 2.60. The quantitative estimate of drug-likeness (QED) is 0.717. The van der Waals surface area contributed by atoms with E-state index in [1.807, 2.05) is 6.92 Å². The van der Waals surface area contributed by atoms with Crippen LogP contribution in [-0.2, 0) is 4.79 Å². The summed E-state index contributed by atoms with van der Waals surface area (Å²) in [4.78, 5) is 11.8. The smallest absolute Gasteiger partial charge is 0.223 e. The third kappa shape index (κ3) is 2.71. The molecule has 1 rings (SSSR count). The standard InChI is InChI=1S/C11H21NO2/c1-3-9(7-13)12-11(14)10-6-4-5-8(10)2/h8-10,13H,3-7H2,1-2H3,(H,12,14). The Kier molecular flexibility index (Phi) is 4.39. The van der Waals surface area contributed by atoms with Gasteiger partial charge in [0.2, 0.25) is 5.91 Å². The van der Waals surface area contributed by atoms with Gasteiger partial charge in [-0.2, -0.15) is 0 Å². The van der Waals surface area contributed by atoms with Gasteiger partial charge in [0.05, 0.1) is 12.6 Å². The second kappa shape index (κ2) is 5.35. The lowest BCUT2D eigenvalue weighted by atomic mass is 9.97. The van der Waals surface area contributed by atoms with E-state index in [1.54, 1.807) is 0 Å². The fraction of sp³-hybridized carbons (Fsp3) is 0.909. The van der Waals surface area contributed by atoms with Crippen molar-refractivity contribution in [1.82, 2.24) is 5.32 Å². The Morgan fingerprint density at radius 3 is 2.71 bits per heavy atom. The highest BCUT2D eigenvalue weighted by atomic mass is 16.3. The number of amides is 1. The Labute approximate surface area is 85.9 Å². The van der Waals surface area contributed by atoms with Gasteiger partial charge in [-0.15, -0.1) is 0 Å². The molecule has 0 bridgehead atoms. The molecule has 0 aromatic carbocycles. The van der Waals surface area contributed by atoms with Crippen LogP contribution in [0.25, 0.3) is 0 Å². The number of nitrogens with one attached hydrogen (secondary N) is 1. The molecular weight excluding hydrogens is 178 g/mol.